The van der Waals surface area contributed by atoms with Crippen LogP contribution in [0.4, 0.5) is 5.69 Å². The molecular weight excluding hydrogens is 334 g/mol. The molecule has 1 aliphatic heterocycles. The van der Waals surface area contributed by atoms with Gasteiger partial charge in [-0.25, -0.2) is 4.98 Å². The Morgan fingerprint density at radius 3 is 2.80 bits per heavy atom. The van der Waals surface area contributed by atoms with E-state index in [1.165, 1.54) is 21.5 Å². The molecule has 3 aromatic rings. The number of nitrogens with zero attached hydrogens (tertiary/aromatic N) is 3. The summed E-state index contributed by atoms with van der Waals surface area (Å²) in [6.45, 7) is 4.35. The van der Waals surface area contributed by atoms with Crippen molar-refractivity contribution in [1.29, 1.82) is 0 Å². The minimum absolute atomic E-state index is 0.0349. The van der Waals surface area contributed by atoms with Gasteiger partial charge in [0.15, 0.2) is 0 Å². The Labute approximate surface area is 149 Å². The molecule has 1 amide bonds. The highest BCUT2D eigenvalue weighted by atomic mass is 32.1. The molecule has 6 heteroatoms. The van der Waals surface area contributed by atoms with E-state index in [1.54, 1.807) is 14.0 Å². The minimum atomic E-state index is -0.0886. The van der Waals surface area contributed by atoms with Crippen molar-refractivity contribution < 1.29 is 4.79 Å². The number of amides is 1. The zero-order valence-corrected chi connectivity index (χ0v) is 15.3. The fourth-order valence-corrected chi connectivity index (χ4v) is 4.60. The summed E-state index contributed by atoms with van der Waals surface area (Å²) in [7, 11) is 1.71. The highest BCUT2D eigenvalue weighted by molar-refractivity contribution is 7.20. The number of hydrogen-bond donors (Lipinski definition) is 0. The van der Waals surface area contributed by atoms with Crippen molar-refractivity contribution in [1.82, 2.24) is 9.55 Å². The third kappa shape index (κ3) is 2.40. The van der Waals surface area contributed by atoms with Crippen molar-refractivity contribution in [3.05, 3.63) is 56.4 Å². The van der Waals surface area contributed by atoms with Gasteiger partial charge in [-0.1, -0.05) is 18.2 Å². The van der Waals surface area contributed by atoms with Crippen LogP contribution in [0.5, 0.6) is 0 Å². The lowest BCUT2D eigenvalue weighted by molar-refractivity contribution is 0.0988. The molecule has 1 aliphatic rings. The summed E-state index contributed by atoms with van der Waals surface area (Å²) in [5.74, 6) is 0.619. The van der Waals surface area contributed by atoms with Gasteiger partial charge in [0.2, 0.25) is 0 Å². The maximum Gasteiger partial charge on any atom is 0.268 e. The first kappa shape index (κ1) is 16.0. The summed E-state index contributed by atoms with van der Waals surface area (Å²) < 4.78 is 1.53. The average Bonchev–Trinajstić information content (AvgIpc) is 2.95. The molecule has 0 saturated carbocycles. The van der Waals surface area contributed by atoms with Gasteiger partial charge in [0.05, 0.1) is 10.3 Å². The number of fused-ring (bicyclic) bond motifs is 2. The Morgan fingerprint density at radius 1 is 1.24 bits per heavy atom. The number of benzene rings is 1. The summed E-state index contributed by atoms with van der Waals surface area (Å²) in [5, 5.41) is 0.562. The number of aromatic nitrogens is 2. The predicted molar refractivity (Wildman–Crippen MR) is 101 cm³/mol. The zero-order chi connectivity index (χ0) is 17.7. The van der Waals surface area contributed by atoms with E-state index >= 15 is 0 Å². The van der Waals surface area contributed by atoms with Crippen LogP contribution in [0.15, 0.2) is 29.1 Å². The van der Waals surface area contributed by atoms with Gasteiger partial charge < -0.3 is 4.90 Å². The van der Waals surface area contributed by atoms with Crippen molar-refractivity contribution in [2.75, 3.05) is 11.4 Å². The van der Waals surface area contributed by atoms with Gasteiger partial charge in [0, 0.05) is 19.3 Å². The largest absolute Gasteiger partial charge is 0.307 e. The number of carbonyl (C=O) groups is 1. The average molecular weight is 353 g/mol. The van der Waals surface area contributed by atoms with Crippen molar-refractivity contribution in [2.45, 2.75) is 26.7 Å². The molecule has 0 atom stereocenters. The third-order valence-corrected chi connectivity index (χ3v) is 6.12. The standard InChI is InChI=1S/C19H19N3O2S/c1-11-15-17(20-12(2)21(3)18(15)23)25-16(11)19(24)22-10-6-8-13-7-4-5-9-14(13)22/h4-5,7,9H,6,8,10H2,1-3H3. The van der Waals surface area contributed by atoms with Gasteiger partial charge in [-0.2, -0.15) is 0 Å². The van der Waals surface area contributed by atoms with E-state index in [0.717, 1.165) is 24.1 Å². The van der Waals surface area contributed by atoms with Crippen molar-refractivity contribution >= 4 is 33.1 Å². The van der Waals surface area contributed by atoms with E-state index in [1.807, 2.05) is 30.0 Å². The van der Waals surface area contributed by atoms with E-state index < -0.39 is 0 Å². The quantitative estimate of drug-likeness (QED) is 0.675. The van der Waals surface area contributed by atoms with Gasteiger partial charge in [0.25, 0.3) is 11.5 Å². The fourth-order valence-electron chi connectivity index (χ4n) is 3.44. The van der Waals surface area contributed by atoms with E-state index in [4.69, 9.17) is 0 Å². The van der Waals surface area contributed by atoms with Crippen molar-refractivity contribution in [2.24, 2.45) is 7.05 Å². The molecule has 0 fully saturated rings. The number of anilines is 1. The van der Waals surface area contributed by atoms with Crippen LogP contribution in [-0.2, 0) is 13.5 Å². The summed E-state index contributed by atoms with van der Waals surface area (Å²) >= 11 is 1.32. The van der Waals surface area contributed by atoms with Gasteiger partial charge >= 0.3 is 0 Å². The lowest BCUT2D eigenvalue weighted by Gasteiger charge is -2.29. The Bertz CT molecular complexity index is 1060. The molecule has 128 valence electrons. The molecule has 5 nitrogen and oxygen atoms in total. The normalized spacial score (nSPS) is 14.0. The predicted octanol–water partition coefficient (Wildman–Crippen LogP) is 3.20. The first-order valence-electron chi connectivity index (χ1n) is 8.35. The van der Waals surface area contributed by atoms with E-state index in [9.17, 15) is 9.59 Å². The molecule has 1 aromatic carbocycles. The van der Waals surface area contributed by atoms with Crippen LogP contribution in [-0.4, -0.2) is 22.0 Å². The molecule has 0 spiro atoms. The second kappa shape index (κ2) is 5.81. The second-order valence-electron chi connectivity index (χ2n) is 6.45. The number of hydrogen-bond acceptors (Lipinski definition) is 4. The van der Waals surface area contributed by atoms with Crippen LogP contribution in [0.3, 0.4) is 0 Å². The lowest BCUT2D eigenvalue weighted by atomic mass is 10.0. The molecule has 25 heavy (non-hydrogen) atoms. The summed E-state index contributed by atoms with van der Waals surface area (Å²) in [6.07, 6.45) is 1.94. The number of carbonyl (C=O) groups excluding carboxylic acids is 1. The lowest BCUT2D eigenvalue weighted by Crippen LogP contribution is -2.35. The van der Waals surface area contributed by atoms with E-state index in [-0.39, 0.29) is 11.5 Å². The van der Waals surface area contributed by atoms with Crippen LogP contribution >= 0.6 is 11.3 Å². The Morgan fingerprint density at radius 2 is 2.00 bits per heavy atom. The topological polar surface area (TPSA) is 55.2 Å². The van der Waals surface area contributed by atoms with Crippen molar-refractivity contribution in [3.8, 4) is 0 Å². The Kier molecular flexibility index (Phi) is 3.72. The van der Waals surface area contributed by atoms with Gasteiger partial charge in [-0.3, -0.25) is 14.2 Å². The van der Waals surface area contributed by atoms with E-state index in [2.05, 4.69) is 11.1 Å². The monoisotopic (exact) mass is 353 g/mol. The summed E-state index contributed by atoms with van der Waals surface area (Å²) in [5.41, 5.74) is 2.83. The summed E-state index contributed by atoms with van der Waals surface area (Å²) in [6, 6.07) is 8.04. The first-order valence-corrected chi connectivity index (χ1v) is 9.17. The molecule has 0 N–H and O–H groups in total. The second-order valence-corrected chi connectivity index (χ2v) is 7.45. The highest BCUT2D eigenvalue weighted by Gasteiger charge is 2.27. The van der Waals surface area contributed by atoms with Crippen LogP contribution in [0.1, 0.15) is 33.0 Å². The Balaban J connectivity index is 1.86. The molecule has 0 saturated heterocycles. The van der Waals surface area contributed by atoms with Gasteiger partial charge in [-0.05, 0) is 43.9 Å². The van der Waals surface area contributed by atoms with Gasteiger partial charge in [0.1, 0.15) is 10.7 Å². The maximum atomic E-state index is 13.2. The van der Waals surface area contributed by atoms with Gasteiger partial charge in [-0.15, -0.1) is 11.3 Å². The maximum absolute atomic E-state index is 13.2. The Hall–Kier alpha value is -2.47. The van der Waals surface area contributed by atoms with Crippen LogP contribution in [0.2, 0.25) is 0 Å². The summed E-state index contributed by atoms with van der Waals surface area (Å²) in [4.78, 5) is 33.4. The molecule has 0 unspecified atom stereocenters. The SMILES string of the molecule is Cc1c(C(=O)N2CCCc3ccccc32)sc2nc(C)n(C)c(=O)c12. The molecule has 0 radical (unpaired) electrons. The highest BCUT2D eigenvalue weighted by Crippen LogP contribution is 2.33. The number of rotatable bonds is 1. The van der Waals surface area contributed by atoms with Crippen LogP contribution < -0.4 is 10.5 Å². The molecule has 0 bridgehead atoms. The minimum Gasteiger partial charge on any atom is -0.307 e. The number of thiophene rings is 1. The third-order valence-electron chi connectivity index (χ3n) is 4.95. The molecule has 4 rings (SSSR count). The molecule has 0 aliphatic carbocycles. The number of aryl methyl sites for hydroxylation is 3. The van der Waals surface area contributed by atoms with Crippen molar-refractivity contribution in [3.63, 3.8) is 0 Å². The smallest absolute Gasteiger partial charge is 0.268 e. The van der Waals surface area contributed by atoms with Crippen LogP contribution in [0, 0.1) is 13.8 Å². The van der Waals surface area contributed by atoms with Crippen LogP contribution in [0.25, 0.3) is 10.2 Å². The molecule has 3 heterocycles. The van der Waals surface area contributed by atoms with E-state index in [0.29, 0.717) is 27.5 Å². The number of para-hydroxylation sites is 1. The fraction of sp³-hybridized carbons (Fsp3) is 0.316. The first-order chi connectivity index (χ1) is 12.0. The molecular formula is C19H19N3O2S. The zero-order valence-electron chi connectivity index (χ0n) is 14.5. The molecule has 2 aromatic heterocycles.